The van der Waals surface area contributed by atoms with Crippen LogP contribution in [0.2, 0.25) is 0 Å². The summed E-state index contributed by atoms with van der Waals surface area (Å²) in [6.45, 7) is 1.38. The van der Waals surface area contributed by atoms with E-state index < -0.39 is 20.6 Å². The van der Waals surface area contributed by atoms with Crippen LogP contribution < -0.4 is 0 Å². The first-order valence-electron chi connectivity index (χ1n) is 2.97. The normalized spacial score (nSPS) is 9.82. The lowest BCUT2D eigenvalue weighted by molar-refractivity contribution is -0.115. The molecule has 0 heterocycles. The Bertz CT molecular complexity index is 212. The fraction of sp³-hybridized carbons (Fsp3) is 0.500. The van der Waals surface area contributed by atoms with Crippen LogP contribution in [-0.4, -0.2) is 17.3 Å². The van der Waals surface area contributed by atoms with Gasteiger partial charge in [0, 0.05) is 11.0 Å². The van der Waals surface area contributed by atoms with E-state index in [9.17, 15) is 9.36 Å². The molecule has 4 nitrogen and oxygen atoms in total. The van der Waals surface area contributed by atoms with Gasteiger partial charge in [0.15, 0.2) is 6.61 Å². The lowest BCUT2D eigenvalue weighted by Gasteiger charge is -1.79. The van der Waals surface area contributed by atoms with Crippen molar-refractivity contribution in [2.45, 2.75) is 13.3 Å². The van der Waals surface area contributed by atoms with Gasteiger partial charge in [0.2, 0.25) is 5.78 Å². The van der Waals surface area contributed by atoms with Crippen molar-refractivity contribution in [1.29, 1.82) is 0 Å². The molecule has 0 saturated heterocycles. The number of carbonyl (C=O) groups is 1. The first-order valence-corrected chi connectivity index (χ1v) is 4.10. The molecule has 60 valence electrons. The average Bonchev–Trinajstić information content (AvgIpc) is 1.97. The lowest BCUT2D eigenvalue weighted by Crippen LogP contribution is -2.01. The maximum atomic E-state index is 10.6. The van der Waals surface area contributed by atoms with E-state index in [2.05, 4.69) is 16.4 Å². The molecule has 1 atom stereocenters. The van der Waals surface area contributed by atoms with Gasteiger partial charge in [-0.3, -0.25) is 4.79 Å². The zero-order valence-corrected chi connectivity index (χ0v) is 6.93. The minimum absolute atomic E-state index is 0.418. The largest absolute Gasteiger partial charge is 0.695 e. The molecule has 0 rings (SSSR count). The fourth-order valence-corrected chi connectivity index (χ4v) is 0.565. The molecule has 0 amide bonds. The molecule has 11 heavy (non-hydrogen) atoms. The quantitative estimate of drug-likeness (QED) is 0.388. The topological polar surface area (TPSA) is 63.6 Å². The zero-order valence-electron chi connectivity index (χ0n) is 6.03. The summed E-state index contributed by atoms with van der Waals surface area (Å²) in [6.07, 6.45) is 0.580. The second kappa shape index (κ2) is 5.99. The summed E-state index contributed by atoms with van der Waals surface area (Å²) in [5.41, 5.74) is 0. The summed E-state index contributed by atoms with van der Waals surface area (Å²) in [5, 5.41) is 0. The van der Waals surface area contributed by atoms with Gasteiger partial charge in [0.1, 0.15) is 0 Å². The Kier molecular flexibility index (Phi) is 5.58. The van der Waals surface area contributed by atoms with E-state index in [0.717, 1.165) is 0 Å². The molecule has 0 fully saturated rings. The number of hydrogen-bond acceptors (Lipinski definition) is 3. The summed E-state index contributed by atoms with van der Waals surface area (Å²) >= 11 is 0. The lowest BCUT2D eigenvalue weighted by atomic mass is 10.4. The minimum Gasteiger partial charge on any atom is -0.282 e. The van der Waals surface area contributed by atoms with Gasteiger partial charge in [-0.15, -0.1) is 9.42 Å². The van der Waals surface area contributed by atoms with Crippen molar-refractivity contribution in [1.82, 2.24) is 0 Å². The van der Waals surface area contributed by atoms with E-state index >= 15 is 0 Å². The molecule has 1 unspecified atom stereocenters. The van der Waals surface area contributed by atoms with Crippen molar-refractivity contribution in [2.24, 2.45) is 0 Å². The van der Waals surface area contributed by atoms with Crippen LogP contribution in [0.4, 0.5) is 0 Å². The molecular formula is C6H8O4P+. The van der Waals surface area contributed by atoms with Crippen molar-refractivity contribution in [3.05, 3.63) is 0 Å². The summed E-state index contributed by atoms with van der Waals surface area (Å²) in [7, 11) is -2.69. The van der Waals surface area contributed by atoms with Crippen molar-refractivity contribution in [3.8, 4) is 11.8 Å². The molecule has 0 aliphatic rings. The molecular weight excluding hydrogens is 167 g/mol. The van der Waals surface area contributed by atoms with E-state index in [4.69, 9.17) is 4.89 Å². The van der Waals surface area contributed by atoms with Gasteiger partial charge < -0.3 is 0 Å². The SMILES string of the molecule is CCC#CC(=O)CO[P+](=O)O. The molecule has 1 N–H and O–H groups in total. The Morgan fingerprint density at radius 2 is 2.36 bits per heavy atom. The molecule has 0 saturated carbocycles. The van der Waals surface area contributed by atoms with Crippen molar-refractivity contribution < 1.29 is 18.8 Å². The molecule has 0 aromatic carbocycles. The second-order valence-corrected chi connectivity index (χ2v) is 2.32. The zero-order chi connectivity index (χ0) is 8.69. The monoisotopic (exact) mass is 175 g/mol. The van der Waals surface area contributed by atoms with Crippen LogP contribution in [0.1, 0.15) is 13.3 Å². The van der Waals surface area contributed by atoms with Gasteiger partial charge in [-0.25, -0.2) is 0 Å². The Labute approximate surface area is 65.5 Å². The highest BCUT2D eigenvalue weighted by atomic mass is 31.1. The Morgan fingerprint density at radius 3 is 2.82 bits per heavy atom. The summed E-state index contributed by atoms with van der Waals surface area (Å²) in [4.78, 5) is 18.7. The molecule has 0 aromatic heterocycles. The van der Waals surface area contributed by atoms with E-state index in [1.807, 2.05) is 0 Å². The number of ketones is 1. The van der Waals surface area contributed by atoms with Crippen LogP contribution in [0, 0.1) is 11.8 Å². The Balaban J connectivity index is 3.62. The number of rotatable bonds is 3. The predicted molar refractivity (Wildman–Crippen MR) is 38.9 cm³/mol. The van der Waals surface area contributed by atoms with Crippen LogP contribution in [0.5, 0.6) is 0 Å². The van der Waals surface area contributed by atoms with Gasteiger partial charge in [-0.2, -0.15) is 0 Å². The number of hydrogen-bond donors (Lipinski definition) is 1. The Hall–Kier alpha value is -0.750. The van der Waals surface area contributed by atoms with Crippen LogP contribution in [-0.2, 0) is 13.9 Å². The highest BCUT2D eigenvalue weighted by Gasteiger charge is 2.13. The second-order valence-electron chi connectivity index (χ2n) is 1.59. The van der Waals surface area contributed by atoms with Gasteiger partial charge in [0.25, 0.3) is 0 Å². The molecule has 0 spiro atoms. The van der Waals surface area contributed by atoms with Crippen LogP contribution >= 0.6 is 8.25 Å². The van der Waals surface area contributed by atoms with Crippen molar-refractivity contribution in [2.75, 3.05) is 6.61 Å². The smallest absolute Gasteiger partial charge is 0.282 e. The molecule has 0 aliphatic heterocycles. The third kappa shape index (κ3) is 7.14. The van der Waals surface area contributed by atoms with E-state index in [1.165, 1.54) is 0 Å². The maximum absolute atomic E-state index is 10.6. The van der Waals surface area contributed by atoms with Crippen LogP contribution in [0.15, 0.2) is 0 Å². The highest BCUT2D eigenvalue weighted by Crippen LogP contribution is 2.12. The number of carbonyl (C=O) groups excluding carboxylic acids is 1. The van der Waals surface area contributed by atoms with Gasteiger partial charge >= 0.3 is 8.25 Å². The molecule has 0 bridgehead atoms. The predicted octanol–water partition coefficient (Wildman–Crippen LogP) is 0.635. The fourth-order valence-electron chi connectivity index (χ4n) is 0.337. The van der Waals surface area contributed by atoms with Crippen molar-refractivity contribution in [3.63, 3.8) is 0 Å². The summed E-state index contributed by atoms with van der Waals surface area (Å²) in [5.74, 6) is 4.27. The average molecular weight is 175 g/mol. The molecule has 5 heteroatoms. The third-order valence-electron chi connectivity index (χ3n) is 0.711. The maximum Gasteiger partial charge on any atom is 0.695 e. The molecule has 0 radical (unpaired) electrons. The van der Waals surface area contributed by atoms with Crippen molar-refractivity contribution >= 4 is 14.0 Å². The van der Waals surface area contributed by atoms with E-state index in [1.54, 1.807) is 6.92 Å². The molecule has 0 aromatic rings. The van der Waals surface area contributed by atoms with E-state index in [0.29, 0.717) is 6.42 Å². The minimum atomic E-state index is -2.69. The number of Topliss-reactive ketones (excluding diaryl/α,β-unsaturated/α-hetero) is 1. The highest BCUT2D eigenvalue weighted by molar-refractivity contribution is 7.32. The summed E-state index contributed by atoms with van der Waals surface area (Å²) < 4.78 is 14.0. The first-order chi connectivity index (χ1) is 5.16. The van der Waals surface area contributed by atoms with E-state index in [-0.39, 0.29) is 0 Å². The van der Waals surface area contributed by atoms with Crippen LogP contribution in [0.25, 0.3) is 0 Å². The van der Waals surface area contributed by atoms with Gasteiger partial charge in [-0.1, -0.05) is 12.8 Å². The van der Waals surface area contributed by atoms with Gasteiger partial charge in [0.05, 0.1) is 0 Å². The van der Waals surface area contributed by atoms with Gasteiger partial charge in [-0.05, 0) is 5.92 Å². The Morgan fingerprint density at radius 1 is 1.73 bits per heavy atom. The molecule has 0 aliphatic carbocycles. The first kappa shape index (κ1) is 10.2. The summed E-state index contributed by atoms with van der Waals surface area (Å²) in [6, 6.07) is 0. The van der Waals surface area contributed by atoms with Crippen LogP contribution in [0.3, 0.4) is 0 Å². The third-order valence-corrected chi connectivity index (χ3v) is 1.06. The standard InChI is InChI=1S/C6H7O4P/c1-2-3-4-6(7)5-10-11(8)9/h2,5H2,1H3/p+1.